The van der Waals surface area contributed by atoms with Gasteiger partial charge in [0.2, 0.25) is 0 Å². The number of halogens is 1. The zero-order valence-electron chi connectivity index (χ0n) is 7.34. The molecule has 1 unspecified atom stereocenters. The van der Waals surface area contributed by atoms with Gasteiger partial charge in [-0.25, -0.2) is 0 Å². The van der Waals surface area contributed by atoms with E-state index in [-0.39, 0.29) is 5.78 Å². The fraction of sp³-hybridized carbons (Fsp3) is 0.500. The number of rotatable bonds is 4. The zero-order chi connectivity index (χ0) is 9.84. The van der Waals surface area contributed by atoms with Gasteiger partial charge in [-0.05, 0) is 0 Å². The number of hydrogen-bond donors (Lipinski definition) is 0. The first-order chi connectivity index (χ1) is 6.19. The Bertz CT molecular complexity index is 313. The van der Waals surface area contributed by atoms with Crippen molar-refractivity contribution in [3.05, 3.63) is 10.6 Å². The van der Waals surface area contributed by atoms with Crippen LogP contribution in [0, 0.1) is 0 Å². The van der Waals surface area contributed by atoms with Crippen LogP contribution in [0.4, 0.5) is 0 Å². The van der Waals surface area contributed by atoms with Gasteiger partial charge in [-0.3, -0.25) is 0 Å². The molecule has 5 heteroatoms. The number of alkyl halides is 1. The van der Waals surface area contributed by atoms with Crippen LogP contribution in [0.25, 0.3) is 0 Å². The number of nitrogens with zero attached hydrogens (tertiary/aromatic N) is 1. The Morgan fingerprint density at radius 1 is 1.69 bits per heavy atom. The van der Waals surface area contributed by atoms with Crippen molar-refractivity contribution in [2.75, 3.05) is 5.33 Å². The van der Waals surface area contributed by atoms with Crippen molar-refractivity contribution < 1.29 is 4.79 Å². The maximum absolute atomic E-state index is 11.5. The van der Waals surface area contributed by atoms with E-state index < -0.39 is 0 Å². The summed E-state index contributed by atoms with van der Waals surface area (Å²) in [6.45, 7) is 2.10. The molecule has 0 aliphatic rings. The van der Waals surface area contributed by atoms with Crippen LogP contribution < -0.4 is 3.80 Å². The van der Waals surface area contributed by atoms with Gasteiger partial charge in [0.15, 0.2) is 0 Å². The summed E-state index contributed by atoms with van der Waals surface area (Å²) in [5.74, 6) is 0.157. The Morgan fingerprint density at radius 2 is 2.38 bits per heavy atom. The standard InChI is InChI=1S/C8H11AsBrNOS/c1-2-3-5-7(6(12)4-10)13-8(9)11-5/h2-4,9H2,1H3. The molecule has 0 aromatic carbocycles. The summed E-state index contributed by atoms with van der Waals surface area (Å²) in [4.78, 5) is 16.7. The fourth-order valence-electron chi connectivity index (χ4n) is 1.05. The fourth-order valence-corrected chi connectivity index (χ4v) is 3.41. The number of carbonyl (C=O) groups excluding carboxylic acids is 1. The number of aryl methyl sites for hydroxylation is 1. The Labute approximate surface area is 98.8 Å². The van der Waals surface area contributed by atoms with Crippen LogP contribution in [0.5, 0.6) is 0 Å². The van der Waals surface area contributed by atoms with E-state index in [0.29, 0.717) is 5.33 Å². The first kappa shape index (κ1) is 11.4. The van der Waals surface area contributed by atoms with Gasteiger partial charge in [0, 0.05) is 0 Å². The third kappa shape index (κ3) is 2.90. The van der Waals surface area contributed by atoms with Crippen molar-refractivity contribution >= 4 is 53.7 Å². The van der Waals surface area contributed by atoms with Crippen LogP contribution in [0.2, 0.25) is 0 Å². The number of aromatic nitrogens is 1. The molecule has 0 amide bonds. The van der Waals surface area contributed by atoms with E-state index in [1.165, 1.54) is 28.2 Å². The van der Waals surface area contributed by atoms with Crippen molar-refractivity contribution in [1.82, 2.24) is 4.98 Å². The summed E-state index contributed by atoms with van der Waals surface area (Å²) in [6, 6.07) is 0. The quantitative estimate of drug-likeness (QED) is 0.469. The van der Waals surface area contributed by atoms with Crippen molar-refractivity contribution in [3.63, 3.8) is 0 Å². The van der Waals surface area contributed by atoms with E-state index in [1.807, 2.05) is 0 Å². The minimum atomic E-state index is 0.157. The summed E-state index contributed by atoms with van der Waals surface area (Å²) in [5, 5.41) is 0.401. The van der Waals surface area contributed by atoms with Crippen molar-refractivity contribution in [2.24, 2.45) is 0 Å². The van der Waals surface area contributed by atoms with Gasteiger partial charge in [-0.15, -0.1) is 0 Å². The van der Waals surface area contributed by atoms with Gasteiger partial charge in [0.05, 0.1) is 0 Å². The molecule has 0 aliphatic carbocycles. The molecule has 13 heavy (non-hydrogen) atoms. The Kier molecular flexibility index (Phi) is 4.63. The summed E-state index contributed by atoms with van der Waals surface area (Å²) in [6.07, 6.45) is 1.95. The van der Waals surface area contributed by atoms with Crippen LogP contribution in [-0.2, 0) is 6.42 Å². The predicted octanol–water partition coefficient (Wildman–Crippen LogP) is 0.932. The summed E-state index contributed by atoms with van der Waals surface area (Å²) < 4.78 is 1.04. The molecule has 1 heterocycles. The number of hydrogen-bond acceptors (Lipinski definition) is 3. The molecule has 0 saturated heterocycles. The molecule has 1 aromatic rings. The molecule has 1 atom stereocenters. The van der Waals surface area contributed by atoms with Crippen LogP contribution in [0.3, 0.4) is 0 Å². The van der Waals surface area contributed by atoms with Crippen LogP contribution in [0.1, 0.15) is 28.7 Å². The molecule has 2 nitrogen and oxygen atoms in total. The van der Waals surface area contributed by atoms with Gasteiger partial charge in [0.1, 0.15) is 0 Å². The predicted molar refractivity (Wildman–Crippen MR) is 62.4 cm³/mol. The number of carbonyl (C=O) groups is 1. The maximum atomic E-state index is 11.5. The molecular weight excluding hydrogens is 313 g/mol. The SMILES string of the molecule is CCCc1nc([AsH2])sc1C(=O)CBr. The van der Waals surface area contributed by atoms with Crippen molar-refractivity contribution in [2.45, 2.75) is 19.8 Å². The summed E-state index contributed by atoms with van der Waals surface area (Å²) >= 11 is 6.19. The first-order valence-corrected chi connectivity index (χ1v) is 7.18. The molecule has 0 radical (unpaired) electrons. The molecule has 0 spiro atoms. The normalized spacial score (nSPS) is 10.4. The second-order valence-electron chi connectivity index (χ2n) is 2.63. The second kappa shape index (κ2) is 5.28. The second-order valence-corrected chi connectivity index (χ2v) is 6.25. The molecule has 72 valence electrons. The summed E-state index contributed by atoms with van der Waals surface area (Å²) in [5.41, 5.74) is 0.983. The van der Waals surface area contributed by atoms with Gasteiger partial charge in [0.25, 0.3) is 0 Å². The number of thiazole rings is 1. The van der Waals surface area contributed by atoms with E-state index >= 15 is 0 Å². The average molecular weight is 324 g/mol. The topological polar surface area (TPSA) is 30.0 Å². The molecular formula is C8H11AsBrNOS. The first-order valence-electron chi connectivity index (χ1n) is 4.03. The van der Waals surface area contributed by atoms with E-state index in [9.17, 15) is 4.79 Å². The van der Waals surface area contributed by atoms with Crippen molar-refractivity contribution in [3.8, 4) is 0 Å². The average Bonchev–Trinajstić information content (AvgIpc) is 2.46. The number of Topliss-reactive ketones (excluding diaryl/α,β-unsaturated/α-hetero) is 1. The molecule has 0 bridgehead atoms. The van der Waals surface area contributed by atoms with Crippen LogP contribution >= 0.6 is 27.3 Å². The van der Waals surface area contributed by atoms with E-state index in [4.69, 9.17) is 0 Å². The summed E-state index contributed by atoms with van der Waals surface area (Å²) in [7, 11) is 0. The minimum absolute atomic E-state index is 0.157. The number of ketones is 1. The Morgan fingerprint density at radius 3 is 2.92 bits per heavy atom. The van der Waals surface area contributed by atoms with E-state index in [0.717, 1.165) is 27.2 Å². The molecule has 1 rings (SSSR count). The van der Waals surface area contributed by atoms with E-state index in [1.54, 1.807) is 0 Å². The zero-order valence-corrected chi connectivity index (χ0v) is 12.2. The molecule has 1 aromatic heterocycles. The molecule has 0 fully saturated rings. The van der Waals surface area contributed by atoms with Gasteiger partial charge < -0.3 is 0 Å². The van der Waals surface area contributed by atoms with Gasteiger partial charge in [-0.1, -0.05) is 0 Å². The van der Waals surface area contributed by atoms with E-state index in [2.05, 4.69) is 27.8 Å². The molecule has 0 saturated carbocycles. The Hall–Kier alpha value is 0.338. The third-order valence-corrected chi connectivity index (χ3v) is 4.07. The van der Waals surface area contributed by atoms with Crippen LogP contribution in [0.15, 0.2) is 0 Å². The van der Waals surface area contributed by atoms with Crippen LogP contribution in [-0.4, -0.2) is 33.0 Å². The monoisotopic (exact) mass is 323 g/mol. The molecule has 0 N–H and O–H groups in total. The molecule has 0 aliphatic heterocycles. The van der Waals surface area contributed by atoms with Crippen molar-refractivity contribution in [1.29, 1.82) is 0 Å². The third-order valence-electron chi connectivity index (χ3n) is 1.58. The van der Waals surface area contributed by atoms with Gasteiger partial charge in [-0.2, -0.15) is 0 Å². The Balaban J connectivity index is 2.96. The van der Waals surface area contributed by atoms with Gasteiger partial charge >= 0.3 is 99.1 Å².